The Bertz CT molecular complexity index is 688. The molecule has 1 unspecified atom stereocenters. The Kier molecular flexibility index (Phi) is 36.3. The van der Waals surface area contributed by atoms with Crippen LogP contribution in [0.15, 0.2) is 24.3 Å². The van der Waals surface area contributed by atoms with Crippen molar-refractivity contribution in [2.45, 2.75) is 226 Å². The predicted octanol–water partition coefficient (Wildman–Crippen LogP) is 14.3. The highest BCUT2D eigenvalue weighted by Crippen LogP contribution is 2.25. The van der Waals surface area contributed by atoms with E-state index < -0.39 is 0 Å². The quantitative estimate of drug-likeness (QED) is 0.0484. The second-order valence-corrected chi connectivity index (χ2v) is 15.4. The van der Waals surface area contributed by atoms with Crippen molar-refractivity contribution in [3.05, 3.63) is 24.3 Å². The van der Waals surface area contributed by atoms with Crippen molar-refractivity contribution < 1.29 is 4.79 Å². The number of rotatable bonds is 37. The molecule has 3 nitrogen and oxygen atoms in total. The highest BCUT2D eigenvalue weighted by atomic mass is 16.2. The van der Waals surface area contributed by atoms with Crippen LogP contribution in [0.25, 0.3) is 0 Å². The van der Waals surface area contributed by atoms with Gasteiger partial charge in [-0.1, -0.05) is 161 Å². The number of carbonyl (C=O) groups excluding carboxylic acids is 1. The molecule has 0 aliphatic carbocycles. The molecule has 0 bridgehead atoms. The van der Waals surface area contributed by atoms with Crippen LogP contribution in [0.3, 0.4) is 0 Å². The van der Waals surface area contributed by atoms with E-state index in [4.69, 9.17) is 0 Å². The molecular weight excluding hydrogens is 585 g/mol. The van der Waals surface area contributed by atoms with Gasteiger partial charge in [-0.25, -0.2) is 0 Å². The number of hydrogen-bond acceptors (Lipinski definition) is 2. The maximum absolute atomic E-state index is 14.1. The van der Waals surface area contributed by atoms with Gasteiger partial charge in [0.25, 0.3) is 0 Å². The van der Waals surface area contributed by atoms with Crippen LogP contribution in [0, 0.1) is 5.92 Å². The summed E-state index contributed by atoms with van der Waals surface area (Å²) in [4.78, 5) is 18.7. The molecule has 0 heterocycles. The van der Waals surface area contributed by atoms with Gasteiger partial charge in [-0.2, -0.15) is 0 Å². The summed E-state index contributed by atoms with van der Waals surface area (Å²) >= 11 is 0. The molecule has 1 amide bonds. The van der Waals surface area contributed by atoms with Gasteiger partial charge in [0.2, 0.25) is 5.91 Å². The molecule has 0 radical (unpaired) electrons. The van der Waals surface area contributed by atoms with E-state index in [9.17, 15) is 4.79 Å². The van der Waals surface area contributed by atoms with Crippen LogP contribution in [0.4, 0.5) is 0 Å². The first kappa shape index (κ1) is 46.9. The van der Waals surface area contributed by atoms with Crippen molar-refractivity contribution >= 4 is 5.91 Å². The van der Waals surface area contributed by atoms with Crippen molar-refractivity contribution in [2.24, 2.45) is 5.92 Å². The molecule has 0 saturated carbocycles. The van der Waals surface area contributed by atoms with E-state index in [1.807, 2.05) is 0 Å². The van der Waals surface area contributed by atoms with Gasteiger partial charge in [0.05, 0.1) is 0 Å². The smallest absolute Gasteiger partial charge is 0.224 e. The Morgan fingerprint density at radius 2 is 0.854 bits per heavy atom. The Morgan fingerprint density at radius 1 is 0.479 bits per heavy atom. The van der Waals surface area contributed by atoms with Crippen LogP contribution in [0.2, 0.25) is 0 Å². The van der Waals surface area contributed by atoms with Crippen LogP contribution in [0.5, 0.6) is 0 Å². The predicted molar refractivity (Wildman–Crippen MR) is 217 cm³/mol. The van der Waals surface area contributed by atoms with Crippen molar-refractivity contribution in [1.29, 1.82) is 0 Å². The zero-order valence-electron chi connectivity index (χ0n) is 33.9. The van der Waals surface area contributed by atoms with Gasteiger partial charge < -0.3 is 9.80 Å². The molecular formula is C45H88N2O. The fourth-order valence-corrected chi connectivity index (χ4v) is 7.02. The fraction of sp³-hybridized carbons (Fsp3) is 0.889. The largest absolute Gasteiger partial charge is 0.339 e. The summed E-state index contributed by atoms with van der Waals surface area (Å²) < 4.78 is 0. The van der Waals surface area contributed by atoms with Crippen LogP contribution in [-0.2, 0) is 4.79 Å². The van der Waals surface area contributed by atoms with Crippen molar-refractivity contribution in [3.8, 4) is 0 Å². The first-order valence-corrected chi connectivity index (χ1v) is 21.7. The van der Waals surface area contributed by atoms with Crippen molar-refractivity contribution in [2.75, 3.05) is 27.2 Å². The Morgan fingerprint density at radius 3 is 1.27 bits per heavy atom. The lowest BCUT2D eigenvalue weighted by molar-refractivity contribution is -0.135. The highest BCUT2D eigenvalue weighted by molar-refractivity contribution is 5.76. The number of unbranched alkanes of at least 4 members (excludes halogenated alkanes) is 19. The molecule has 284 valence electrons. The van der Waals surface area contributed by atoms with Gasteiger partial charge in [-0.3, -0.25) is 4.79 Å². The zero-order valence-corrected chi connectivity index (χ0v) is 33.9. The summed E-state index contributed by atoms with van der Waals surface area (Å²) in [6.07, 6.45) is 48.0. The third kappa shape index (κ3) is 30.9. The van der Waals surface area contributed by atoms with Gasteiger partial charge in [0.1, 0.15) is 0 Å². The van der Waals surface area contributed by atoms with E-state index in [0.29, 0.717) is 24.3 Å². The summed E-state index contributed by atoms with van der Waals surface area (Å²) in [5, 5.41) is 0. The van der Waals surface area contributed by atoms with Crippen LogP contribution < -0.4 is 0 Å². The Balaban J connectivity index is 5.63. The molecule has 0 rings (SSSR count). The molecule has 0 fully saturated rings. The topological polar surface area (TPSA) is 23.6 Å². The van der Waals surface area contributed by atoms with Gasteiger partial charge in [-0.15, -0.1) is 0 Å². The summed E-state index contributed by atoms with van der Waals surface area (Å²) in [6, 6.07) is 0.417. The van der Waals surface area contributed by atoms with Gasteiger partial charge in [0.15, 0.2) is 0 Å². The molecule has 48 heavy (non-hydrogen) atoms. The molecule has 0 aromatic heterocycles. The van der Waals surface area contributed by atoms with Gasteiger partial charge in [0, 0.05) is 25.6 Å². The maximum atomic E-state index is 14.1. The molecule has 0 aromatic rings. The highest BCUT2D eigenvalue weighted by Gasteiger charge is 2.26. The minimum absolute atomic E-state index is 0.415. The van der Waals surface area contributed by atoms with E-state index >= 15 is 0 Å². The van der Waals surface area contributed by atoms with Gasteiger partial charge in [-0.05, 0) is 97.1 Å². The van der Waals surface area contributed by atoms with Crippen LogP contribution in [0.1, 0.15) is 220 Å². The minimum atomic E-state index is 0.415. The van der Waals surface area contributed by atoms with Crippen molar-refractivity contribution in [1.82, 2.24) is 9.80 Å². The summed E-state index contributed by atoms with van der Waals surface area (Å²) in [5.41, 5.74) is 0. The molecule has 0 aliphatic heterocycles. The zero-order chi connectivity index (χ0) is 35.3. The number of allylic oxidation sites excluding steroid dienone is 4. The first-order valence-electron chi connectivity index (χ1n) is 21.7. The number of carbonyl (C=O) groups is 1. The molecule has 0 aliphatic rings. The summed E-state index contributed by atoms with van der Waals surface area (Å²) in [5.74, 6) is 1.02. The maximum Gasteiger partial charge on any atom is 0.224 e. The average Bonchev–Trinajstić information content (AvgIpc) is 3.08. The first-order chi connectivity index (χ1) is 23.5. The van der Waals surface area contributed by atoms with Crippen LogP contribution in [-0.4, -0.2) is 48.9 Å². The molecule has 0 N–H and O–H groups in total. The van der Waals surface area contributed by atoms with Crippen molar-refractivity contribution in [3.63, 3.8) is 0 Å². The average molecular weight is 673 g/mol. The SMILES string of the molecule is CCCCC/C=C\CCCC(CCC/C=C\CCCCC)CN(C(=O)CCN(C)C)C(CCCCCCC)CCCCCCCCCC. The van der Waals surface area contributed by atoms with E-state index in [0.717, 1.165) is 13.1 Å². The second-order valence-electron chi connectivity index (χ2n) is 15.4. The monoisotopic (exact) mass is 673 g/mol. The lowest BCUT2D eigenvalue weighted by atomic mass is 9.92. The van der Waals surface area contributed by atoms with E-state index in [1.54, 1.807) is 0 Å². The fourth-order valence-electron chi connectivity index (χ4n) is 7.02. The molecule has 0 saturated heterocycles. The van der Waals surface area contributed by atoms with Crippen LogP contribution >= 0.6 is 0 Å². The van der Waals surface area contributed by atoms with E-state index in [-0.39, 0.29) is 0 Å². The normalized spacial score (nSPS) is 12.8. The second kappa shape index (κ2) is 37.2. The summed E-state index contributed by atoms with van der Waals surface area (Å²) in [7, 11) is 4.22. The third-order valence-corrected chi connectivity index (χ3v) is 10.3. The molecule has 1 atom stereocenters. The lowest BCUT2D eigenvalue weighted by Gasteiger charge is -2.36. The number of hydrogen-bond donors (Lipinski definition) is 0. The Labute approximate surface area is 303 Å². The third-order valence-electron chi connectivity index (χ3n) is 10.3. The summed E-state index contributed by atoms with van der Waals surface area (Å²) in [6.45, 7) is 11.0. The van der Waals surface area contributed by atoms with E-state index in [1.165, 1.54) is 186 Å². The molecule has 0 spiro atoms. The standard InChI is InChI=1S/C45H88N2O/c1-7-11-15-19-22-25-29-32-36-43(37-33-30-26-23-20-16-12-8-2)42-47(45(48)40-41-46(5)6)44(38-34-28-18-14-10-4)39-35-31-27-24-21-17-13-9-3/h22-23,25-26,43-44H,7-21,24,27-42H2,1-6H3/b25-22-,26-23-. The molecule has 3 heteroatoms. The number of nitrogens with zero attached hydrogens (tertiary/aromatic N) is 2. The van der Waals surface area contributed by atoms with Gasteiger partial charge >= 0.3 is 0 Å². The minimum Gasteiger partial charge on any atom is -0.339 e. The number of amides is 1. The molecule has 0 aromatic carbocycles. The van der Waals surface area contributed by atoms with E-state index in [2.05, 4.69) is 75.9 Å². The lowest BCUT2D eigenvalue weighted by Crippen LogP contribution is -2.44. The Hall–Kier alpha value is -1.09.